The summed E-state index contributed by atoms with van der Waals surface area (Å²) in [4.78, 5) is 28.2. The van der Waals surface area contributed by atoms with Gasteiger partial charge in [0.05, 0.1) is 26.9 Å². The average Bonchev–Trinajstić information content (AvgIpc) is 3.10. The van der Waals surface area contributed by atoms with E-state index >= 15 is 0 Å². The van der Waals surface area contributed by atoms with E-state index in [2.05, 4.69) is 15.6 Å². The Labute approximate surface area is 148 Å². The van der Waals surface area contributed by atoms with Crippen molar-refractivity contribution in [1.82, 2.24) is 10.3 Å². The summed E-state index contributed by atoms with van der Waals surface area (Å²) in [5.74, 6) is -0.0112. The number of rotatable bonds is 9. The number of benzene rings is 1. The number of methoxy groups -OCH3 is 1. The van der Waals surface area contributed by atoms with Crippen molar-refractivity contribution in [3.8, 4) is 5.75 Å². The Bertz CT molecular complexity index is 702. The Morgan fingerprint density at radius 3 is 2.64 bits per heavy atom. The van der Waals surface area contributed by atoms with E-state index < -0.39 is 0 Å². The van der Waals surface area contributed by atoms with E-state index in [-0.39, 0.29) is 30.7 Å². The van der Waals surface area contributed by atoms with Crippen LogP contribution in [0.25, 0.3) is 0 Å². The number of aromatic nitrogens is 1. The molecular formula is C16H19N3O5S. The first kappa shape index (κ1) is 18.8. The van der Waals surface area contributed by atoms with Crippen molar-refractivity contribution in [2.24, 2.45) is 0 Å². The van der Waals surface area contributed by atoms with E-state index in [1.807, 2.05) is 0 Å². The molecule has 0 atom stereocenters. The predicted octanol–water partition coefficient (Wildman–Crippen LogP) is 1.14. The van der Waals surface area contributed by atoms with E-state index in [0.29, 0.717) is 29.6 Å². The molecule has 1 heterocycles. The molecule has 0 saturated carbocycles. The molecule has 8 nitrogen and oxygen atoms in total. The molecule has 2 rings (SSSR count). The molecule has 9 heteroatoms. The third-order valence-corrected chi connectivity index (χ3v) is 3.83. The number of nitrogens with one attached hydrogen (secondary N) is 2. The molecule has 25 heavy (non-hydrogen) atoms. The second kappa shape index (κ2) is 9.72. The summed E-state index contributed by atoms with van der Waals surface area (Å²) >= 11 is 1.16. The second-order valence-corrected chi connectivity index (χ2v) is 5.67. The number of amides is 2. The van der Waals surface area contributed by atoms with Crippen molar-refractivity contribution in [2.75, 3.05) is 38.8 Å². The van der Waals surface area contributed by atoms with Crippen LogP contribution in [0.2, 0.25) is 0 Å². The molecule has 2 amide bonds. The minimum Gasteiger partial charge on any atom is -0.497 e. The van der Waals surface area contributed by atoms with Gasteiger partial charge in [-0.2, -0.15) is 0 Å². The molecule has 0 unspecified atom stereocenters. The van der Waals surface area contributed by atoms with E-state index in [1.165, 1.54) is 0 Å². The van der Waals surface area contributed by atoms with Gasteiger partial charge in [0.15, 0.2) is 5.13 Å². The molecule has 0 bridgehead atoms. The van der Waals surface area contributed by atoms with Crippen LogP contribution >= 0.6 is 11.3 Å². The van der Waals surface area contributed by atoms with Crippen molar-refractivity contribution in [3.63, 3.8) is 0 Å². The standard InChI is InChI=1S/C16H19N3O5S/c1-23-12-4-2-11(3-5-12)14(21)19-16-18-13(10-25-16)15(22)17-6-8-24-9-7-20/h2-5,10,20H,6-9H2,1H3,(H,17,22)(H,18,19,21). The summed E-state index contributed by atoms with van der Waals surface area (Å²) in [7, 11) is 1.55. The van der Waals surface area contributed by atoms with E-state index in [1.54, 1.807) is 36.8 Å². The Hall–Kier alpha value is -2.49. The number of carbonyl (C=O) groups is 2. The van der Waals surface area contributed by atoms with Crippen LogP contribution in [0.5, 0.6) is 5.75 Å². The van der Waals surface area contributed by atoms with Gasteiger partial charge in [-0.25, -0.2) is 4.98 Å². The van der Waals surface area contributed by atoms with Crippen LogP contribution in [0.1, 0.15) is 20.8 Å². The van der Waals surface area contributed by atoms with Gasteiger partial charge in [0, 0.05) is 17.5 Å². The highest BCUT2D eigenvalue weighted by Crippen LogP contribution is 2.17. The van der Waals surface area contributed by atoms with Crippen molar-refractivity contribution in [1.29, 1.82) is 0 Å². The number of carbonyl (C=O) groups excluding carboxylic acids is 2. The minimum absolute atomic E-state index is 0.0582. The van der Waals surface area contributed by atoms with Crippen LogP contribution in [0, 0.1) is 0 Å². The molecule has 1 aromatic carbocycles. The van der Waals surface area contributed by atoms with Crippen molar-refractivity contribution in [3.05, 3.63) is 40.9 Å². The van der Waals surface area contributed by atoms with Gasteiger partial charge in [0.1, 0.15) is 11.4 Å². The summed E-state index contributed by atoms with van der Waals surface area (Å²) < 4.78 is 10.1. The van der Waals surface area contributed by atoms with Gasteiger partial charge >= 0.3 is 0 Å². The van der Waals surface area contributed by atoms with Gasteiger partial charge in [0.25, 0.3) is 11.8 Å². The highest BCUT2D eigenvalue weighted by atomic mass is 32.1. The first-order chi connectivity index (χ1) is 12.1. The van der Waals surface area contributed by atoms with Gasteiger partial charge in [-0.1, -0.05) is 0 Å². The van der Waals surface area contributed by atoms with E-state index in [9.17, 15) is 9.59 Å². The quantitative estimate of drug-likeness (QED) is 0.575. The zero-order valence-corrected chi connectivity index (χ0v) is 14.5. The van der Waals surface area contributed by atoms with Crippen LogP contribution in [0.15, 0.2) is 29.6 Å². The fourth-order valence-electron chi connectivity index (χ4n) is 1.84. The van der Waals surface area contributed by atoms with Crippen LogP contribution in [-0.4, -0.2) is 55.4 Å². The minimum atomic E-state index is -0.353. The van der Waals surface area contributed by atoms with E-state index in [0.717, 1.165) is 11.3 Å². The Morgan fingerprint density at radius 1 is 1.20 bits per heavy atom. The topological polar surface area (TPSA) is 110 Å². The van der Waals surface area contributed by atoms with Crippen molar-refractivity contribution in [2.45, 2.75) is 0 Å². The second-order valence-electron chi connectivity index (χ2n) is 4.81. The number of hydrogen-bond donors (Lipinski definition) is 3. The maximum atomic E-state index is 12.1. The van der Waals surface area contributed by atoms with Gasteiger partial charge in [-0.05, 0) is 24.3 Å². The Kier molecular flexibility index (Phi) is 7.33. The monoisotopic (exact) mass is 365 g/mol. The molecule has 0 aliphatic heterocycles. The molecule has 0 aliphatic rings. The average molecular weight is 365 g/mol. The normalized spacial score (nSPS) is 10.3. The fourth-order valence-corrected chi connectivity index (χ4v) is 2.53. The van der Waals surface area contributed by atoms with E-state index in [4.69, 9.17) is 14.6 Å². The first-order valence-electron chi connectivity index (χ1n) is 7.51. The van der Waals surface area contributed by atoms with Crippen molar-refractivity contribution >= 4 is 28.3 Å². The fraction of sp³-hybridized carbons (Fsp3) is 0.312. The maximum Gasteiger partial charge on any atom is 0.270 e. The van der Waals surface area contributed by atoms with Crippen LogP contribution in [0.3, 0.4) is 0 Å². The number of aliphatic hydroxyl groups is 1. The molecule has 0 radical (unpaired) electrons. The van der Waals surface area contributed by atoms with Gasteiger partial charge < -0.3 is 19.9 Å². The third-order valence-electron chi connectivity index (χ3n) is 3.08. The summed E-state index contributed by atoms with van der Waals surface area (Å²) in [5.41, 5.74) is 0.681. The molecular weight excluding hydrogens is 346 g/mol. The summed E-state index contributed by atoms with van der Waals surface area (Å²) in [5, 5.41) is 15.8. The van der Waals surface area contributed by atoms with Gasteiger partial charge in [-0.3, -0.25) is 14.9 Å². The maximum absolute atomic E-state index is 12.1. The number of hydrogen-bond acceptors (Lipinski definition) is 7. The van der Waals surface area contributed by atoms with Gasteiger partial charge in [0.2, 0.25) is 0 Å². The lowest BCUT2D eigenvalue weighted by atomic mass is 10.2. The summed E-state index contributed by atoms with van der Waals surface area (Å²) in [6.07, 6.45) is 0. The number of anilines is 1. The zero-order chi connectivity index (χ0) is 18.1. The first-order valence-corrected chi connectivity index (χ1v) is 8.39. The smallest absolute Gasteiger partial charge is 0.270 e. The van der Waals surface area contributed by atoms with Crippen LogP contribution in [0.4, 0.5) is 5.13 Å². The SMILES string of the molecule is COc1ccc(C(=O)Nc2nc(C(=O)NCCOCCO)cs2)cc1. The molecule has 134 valence electrons. The van der Waals surface area contributed by atoms with Crippen molar-refractivity contribution < 1.29 is 24.2 Å². The zero-order valence-electron chi connectivity index (χ0n) is 13.7. The highest BCUT2D eigenvalue weighted by molar-refractivity contribution is 7.14. The highest BCUT2D eigenvalue weighted by Gasteiger charge is 2.13. The molecule has 0 aliphatic carbocycles. The number of nitrogens with zero attached hydrogens (tertiary/aromatic N) is 1. The summed E-state index contributed by atoms with van der Waals surface area (Å²) in [6.45, 7) is 0.785. The molecule has 1 aromatic heterocycles. The number of aliphatic hydroxyl groups excluding tert-OH is 1. The molecule has 3 N–H and O–H groups in total. The molecule has 0 fully saturated rings. The largest absolute Gasteiger partial charge is 0.497 e. The Morgan fingerprint density at radius 2 is 1.96 bits per heavy atom. The summed E-state index contributed by atoms with van der Waals surface area (Å²) in [6, 6.07) is 6.66. The third kappa shape index (κ3) is 5.82. The van der Waals surface area contributed by atoms with Crippen LogP contribution < -0.4 is 15.4 Å². The molecule has 2 aromatic rings. The number of thiazole rings is 1. The molecule has 0 saturated heterocycles. The molecule has 0 spiro atoms. The van der Waals surface area contributed by atoms with Gasteiger partial charge in [-0.15, -0.1) is 11.3 Å². The lowest BCUT2D eigenvalue weighted by Crippen LogP contribution is -2.27. The Balaban J connectivity index is 1.85. The lowest BCUT2D eigenvalue weighted by Gasteiger charge is -2.04. The predicted molar refractivity (Wildman–Crippen MR) is 93.3 cm³/mol. The lowest BCUT2D eigenvalue weighted by molar-refractivity contribution is 0.0835. The van der Waals surface area contributed by atoms with Crippen LogP contribution in [-0.2, 0) is 4.74 Å². The number of ether oxygens (including phenoxy) is 2.